The van der Waals surface area contributed by atoms with Crippen LogP contribution >= 0.6 is 0 Å². The highest BCUT2D eigenvalue weighted by atomic mass is 16.2. The van der Waals surface area contributed by atoms with Gasteiger partial charge in [-0.2, -0.15) is 0 Å². The minimum Gasteiger partial charge on any atom is -0.369 e. The number of aryl methyl sites for hydroxylation is 1. The van der Waals surface area contributed by atoms with E-state index in [1.54, 1.807) is 11.1 Å². The van der Waals surface area contributed by atoms with Gasteiger partial charge in [-0.25, -0.2) is 14.8 Å². The van der Waals surface area contributed by atoms with Crippen LogP contribution in [-0.4, -0.2) is 39.9 Å². The number of nitrogens with one attached hydrogen (secondary N) is 1. The molecule has 130 valence electrons. The molecule has 2 aromatic rings. The topological polar surface area (TPSA) is 101 Å². The van der Waals surface area contributed by atoms with Crippen LogP contribution in [0.1, 0.15) is 18.7 Å². The number of urea groups is 1. The first kappa shape index (κ1) is 16.9. The van der Waals surface area contributed by atoms with Crippen molar-refractivity contribution in [1.29, 1.82) is 0 Å². The number of hydrogen-bond donors (Lipinski definition) is 2. The summed E-state index contributed by atoms with van der Waals surface area (Å²) in [5, 5.41) is 2.89. The molecule has 3 N–H and O–H groups in total. The van der Waals surface area contributed by atoms with Gasteiger partial charge in [0.25, 0.3) is 0 Å². The van der Waals surface area contributed by atoms with E-state index in [1.807, 2.05) is 37.3 Å². The molecule has 0 saturated carbocycles. The van der Waals surface area contributed by atoms with Crippen LogP contribution in [0.2, 0.25) is 0 Å². The molecule has 1 atom stereocenters. The lowest BCUT2D eigenvalue weighted by Crippen LogP contribution is -2.45. The average molecular weight is 339 g/mol. The molecular formula is C18H21N5O2. The molecular weight excluding hydrogens is 318 g/mol. The van der Waals surface area contributed by atoms with Gasteiger partial charge in [-0.05, 0) is 38.0 Å². The first-order valence-corrected chi connectivity index (χ1v) is 8.28. The Morgan fingerprint density at radius 1 is 1.32 bits per heavy atom. The summed E-state index contributed by atoms with van der Waals surface area (Å²) in [5.41, 5.74) is 7.75. The van der Waals surface area contributed by atoms with E-state index < -0.39 is 0 Å². The molecule has 0 unspecified atom stereocenters. The Morgan fingerprint density at radius 2 is 2.16 bits per heavy atom. The summed E-state index contributed by atoms with van der Waals surface area (Å²) in [4.78, 5) is 34.0. The Balaban J connectivity index is 1.71. The van der Waals surface area contributed by atoms with Gasteiger partial charge in [0.05, 0.1) is 11.6 Å². The van der Waals surface area contributed by atoms with Gasteiger partial charge in [0.1, 0.15) is 5.82 Å². The Kier molecular flexibility index (Phi) is 4.92. The van der Waals surface area contributed by atoms with E-state index in [-0.39, 0.29) is 17.9 Å². The van der Waals surface area contributed by atoms with Gasteiger partial charge in [0, 0.05) is 30.5 Å². The number of anilines is 1. The van der Waals surface area contributed by atoms with Crippen molar-refractivity contribution in [3.8, 4) is 11.3 Å². The maximum Gasteiger partial charge on any atom is 0.321 e. The zero-order valence-electron chi connectivity index (χ0n) is 14.1. The third-order valence-electron chi connectivity index (χ3n) is 4.30. The maximum atomic E-state index is 12.5. The molecule has 0 bridgehead atoms. The summed E-state index contributed by atoms with van der Waals surface area (Å²) >= 11 is 0. The fraction of sp³-hybridized carbons (Fsp3) is 0.333. The zero-order valence-corrected chi connectivity index (χ0v) is 14.1. The summed E-state index contributed by atoms with van der Waals surface area (Å²) in [7, 11) is 0. The fourth-order valence-corrected chi connectivity index (χ4v) is 2.97. The van der Waals surface area contributed by atoms with Gasteiger partial charge >= 0.3 is 6.03 Å². The molecule has 1 aliphatic rings. The number of nitrogens with two attached hydrogens (primary N) is 1. The molecule has 2 heterocycles. The molecule has 3 rings (SSSR count). The van der Waals surface area contributed by atoms with Gasteiger partial charge < -0.3 is 16.0 Å². The number of likely N-dealkylation sites (tertiary alicyclic amines) is 1. The quantitative estimate of drug-likeness (QED) is 0.895. The van der Waals surface area contributed by atoms with E-state index in [1.165, 1.54) is 0 Å². The number of rotatable bonds is 3. The van der Waals surface area contributed by atoms with Crippen molar-refractivity contribution in [2.24, 2.45) is 11.7 Å². The summed E-state index contributed by atoms with van der Waals surface area (Å²) in [6, 6.07) is 9.10. The van der Waals surface area contributed by atoms with Crippen molar-refractivity contribution >= 4 is 17.6 Å². The van der Waals surface area contributed by atoms with E-state index in [9.17, 15) is 9.59 Å². The Morgan fingerprint density at radius 3 is 2.92 bits per heavy atom. The largest absolute Gasteiger partial charge is 0.369 e. The van der Waals surface area contributed by atoms with Crippen LogP contribution in [-0.2, 0) is 4.79 Å². The van der Waals surface area contributed by atoms with Crippen LogP contribution < -0.4 is 11.1 Å². The van der Waals surface area contributed by atoms with Crippen LogP contribution in [0.25, 0.3) is 11.3 Å². The van der Waals surface area contributed by atoms with Crippen LogP contribution in [0.3, 0.4) is 0 Å². The number of hydrogen-bond acceptors (Lipinski definition) is 4. The van der Waals surface area contributed by atoms with Gasteiger partial charge in [0.2, 0.25) is 5.91 Å². The van der Waals surface area contributed by atoms with Crippen LogP contribution in [0.15, 0.2) is 36.5 Å². The third-order valence-corrected chi connectivity index (χ3v) is 4.30. The number of carbonyl (C=O) groups is 2. The first-order chi connectivity index (χ1) is 12.0. The van der Waals surface area contributed by atoms with Gasteiger partial charge in [0.15, 0.2) is 0 Å². The third kappa shape index (κ3) is 4.12. The molecule has 0 aliphatic carbocycles. The van der Waals surface area contributed by atoms with Crippen molar-refractivity contribution in [3.05, 3.63) is 42.4 Å². The lowest BCUT2D eigenvalue weighted by molar-refractivity contribution is -0.123. The van der Waals surface area contributed by atoms with E-state index in [4.69, 9.17) is 5.73 Å². The number of benzene rings is 1. The van der Waals surface area contributed by atoms with Gasteiger partial charge in [-0.3, -0.25) is 4.79 Å². The molecule has 0 radical (unpaired) electrons. The predicted octanol–water partition coefficient (Wildman–Crippen LogP) is 2.18. The number of piperidine rings is 1. The second kappa shape index (κ2) is 7.29. The van der Waals surface area contributed by atoms with Crippen LogP contribution in [0.5, 0.6) is 0 Å². The zero-order chi connectivity index (χ0) is 17.8. The van der Waals surface area contributed by atoms with Crippen LogP contribution in [0.4, 0.5) is 10.5 Å². The molecule has 7 heteroatoms. The molecule has 25 heavy (non-hydrogen) atoms. The van der Waals surface area contributed by atoms with Gasteiger partial charge in [-0.1, -0.05) is 12.1 Å². The summed E-state index contributed by atoms with van der Waals surface area (Å²) in [6.07, 6.45) is 3.23. The monoisotopic (exact) mass is 339 g/mol. The lowest BCUT2D eigenvalue weighted by atomic mass is 9.98. The molecule has 1 aliphatic heterocycles. The highest BCUT2D eigenvalue weighted by Crippen LogP contribution is 2.22. The molecule has 7 nitrogen and oxygen atoms in total. The maximum absolute atomic E-state index is 12.5. The Labute approximate surface area is 146 Å². The molecule has 1 aromatic heterocycles. The molecule has 3 amide bonds. The summed E-state index contributed by atoms with van der Waals surface area (Å²) < 4.78 is 0. The number of carbonyl (C=O) groups excluding carboxylic acids is 2. The van der Waals surface area contributed by atoms with E-state index in [2.05, 4.69) is 15.3 Å². The SMILES string of the molecule is Cc1nccc(-c2cccc(NC(=O)N3CCC[C@H](C(N)=O)C3)c2)n1. The van der Waals surface area contributed by atoms with Crippen molar-refractivity contribution < 1.29 is 9.59 Å². The van der Waals surface area contributed by atoms with Crippen molar-refractivity contribution in [1.82, 2.24) is 14.9 Å². The number of primary amides is 1. The molecule has 1 fully saturated rings. The number of aromatic nitrogens is 2. The van der Waals surface area contributed by atoms with Gasteiger partial charge in [-0.15, -0.1) is 0 Å². The Bertz CT molecular complexity index is 793. The standard InChI is InChI=1S/C18H21N5O2/c1-12-20-8-7-16(21-12)13-4-2-6-15(10-13)22-18(25)23-9-3-5-14(11-23)17(19)24/h2,4,6-8,10,14H,3,5,9,11H2,1H3,(H2,19,24)(H,22,25)/t14-/m0/s1. The number of amides is 3. The summed E-state index contributed by atoms with van der Waals surface area (Å²) in [6.45, 7) is 2.83. The first-order valence-electron chi connectivity index (χ1n) is 8.28. The van der Waals surface area contributed by atoms with E-state index in [0.29, 0.717) is 24.6 Å². The fourth-order valence-electron chi connectivity index (χ4n) is 2.97. The highest BCUT2D eigenvalue weighted by molar-refractivity contribution is 5.90. The molecule has 0 spiro atoms. The smallest absolute Gasteiger partial charge is 0.321 e. The normalized spacial score (nSPS) is 17.2. The molecule has 1 aromatic carbocycles. The summed E-state index contributed by atoms with van der Waals surface area (Å²) in [5.74, 6) is 0.0752. The van der Waals surface area contributed by atoms with Crippen molar-refractivity contribution in [2.45, 2.75) is 19.8 Å². The highest BCUT2D eigenvalue weighted by Gasteiger charge is 2.26. The minimum absolute atomic E-state index is 0.220. The van der Waals surface area contributed by atoms with E-state index in [0.717, 1.165) is 24.1 Å². The predicted molar refractivity (Wildman–Crippen MR) is 94.7 cm³/mol. The van der Waals surface area contributed by atoms with Crippen molar-refractivity contribution in [3.63, 3.8) is 0 Å². The Hall–Kier alpha value is -2.96. The second-order valence-electron chi connectivity index (χ2n) is 6.19. The van der Waals surface area contributed by atoms with E-state index >= 15 is 0 Å². The minimum atomic E-state index is -0.348. The lowest BCUT2D eigenvalue weighted by Gasteiger charge is -2.31. The molecule has 1 saturated heterocycles. The number of nitrogens with zero attached hydrogens (tertiary/aromatic N) is 3. The average Bonchev–Trinajstić information content (AvgIpc) is 2.62. The second-order valence-corrected chi connectivity index (χ2v) is 6.19. The van der Waals surface area contributed by atoms with Crippen molar-refractivity contribution in [2.75, 3.05) is 18.4 Å². The van der Waals surface area contributed by atoms with Crippen LogP contribution in [0, 0.1) is 12.8 Å².